The molecular weight excluding hydrogens is 354 g/mol. The molecule has 0 aliphatic heterocycles. The van der Waals surface area contributed by atoms with Crippen molar-refractivity contribution < 1.29 is 9.47 Å². The van der Waals surface area contributed by atoms with E-state index in [1.54, 1.807) is 13.2 Å². The predicted molar refractivity (Wildman–Crippen MR) is 90.6 cm³/mol. The summed E-state index contributed by atoms with van der Waals surface area (Å²) in [6.07, 6.45) is 0. The Hall–Kier alpha value is -1.39. The molecule has 1 N–H and O–H groups in total. The fourth-order valence-corrected chi connectivity index (χ4v) is 2.47. The van der Waals surface area contributed by atoms with E-state index in [0.717, 1.165) is 21.5 Å². The van der Waals surface area contributed by atoms with Gasteiger partial charge >= 0.3 is 0 Å². The van der Waals surface area contributed by atoms with Gasteiger partial charge in [0.15, 0.2) is 11.5 Å². The van der Waals surface area contributed by atoms with Gasteiger partial charge in [-0.3, -0.25) is 0 Å². The second kappa shape index (κ2) is 7.57. The number of anilines is 1. The van der Waals surface area contributed by atoms with E-state index in [9.17, 15) is 0 Å². The van der Waals surface area contributed by atoms with Gasteiger partial charge in [-0.25, -0.2) is 0 Å². The van der Waals surface area contributed by atoms with Crippen LogP contribution in [0.1, 0.15) is 12.5 Å². The SMILES string of the molecule is CCOc1c(CNc2ccc(Br)cc2)cc(Cl)cc1OC. The van der Waals surface area contributed by atoms with Crippen molar-refractivity contribution >= 4 is 33.2 Å². The van der Waals surface area contributed by atoms with E-state index in [4.69, 9.17) is 21.1 Å². The van der Waals surface area contributed by atoms with E-state index in [1.165, 1.54) is 0 Å². The molecule has 0 amide bonds. The molecule has 0 bridgehead atoms. The molecule has 0 atom stereocenters. The van der Waals surface area contributed by atoms with Crippen LogP contribution in [0.5, 0.6) is 11.5 Å². The normalized spacial score (nSPS) is 10.3. The van der Waals surface area contributed by atoms with Gasteiger partial charge < -0.3 is 14.8 Å². The zero-order valence-corrected chi connectivity index (χ0v) is 14.3. The molecule has 3 nitrogen and oxygen atoms in total. The Morgan fingerprint density at radius 2 is 1.90 bits per heavy atom. The molecule has 21 heavy (non-hydrogen) atoms. The largest absolute Gasteiger partial charge is 0.493 e. The summed E-state index contributed by atoms with van der Waals surface area (Å²) in [6.45, 7) is 3.12. The maximum Gasteiger partial charge on any atom is 0.166 e. The Kier molecular flexibility index (Phi) is 5.76. The van der Waals surface area contributed by atoms with Gasteiger partial charge in [0.25, 0.3) is 0 Å². The third-order valence-electron chi connectivity index (χ3n) is 2.93. The van der Waals surface area contributed by atoms with Crippen LogP contribution in [-0.4, -0.2) is 13.7 Å². The topological polar surface area (TPSA) is 30.5 Å². The van der Waals surface area contributed by atoms with E-state index in [1.807, 2.05) is 37.3 Å². The lowest BCUT2D eigenvalue weighted by Crippen LogP contribution is -2.05. The van der Waals surface area contributed by atoms with Gasteiger partial charge in [0.1, 0.15) is 0 Å². The van der Waals surface area contributed by atoms with Crippen LogP contribution in [0.2, 0.25) is 5.02 Å². The van der Waals surface area contributed by atoms with E-state index in [0.29, 0.717) is 23.9 Å². The fourth-order valence-electron chi connectivity index (χ4n) is 1.98. The molecule has 5 heteroatoms. The average Bonchev–Trinajstić information content (AvgIpc) is 2.48. The minimum Gasteiger partial charge on any atom is -0.493 e. The summed E-state index contributed by atoms with van der Waals surface area (Å²) in [5, 5.41) is 3.98. The van der Waals surface area contributed by atoms with Crippen molar-refractivity contribution in [2.45, 2.75) is 13.5 Å². The molecule has 0 aliphatic rings. The third-order valence-corrected chi connectivity index (χ3v) is 3.68. The van der Waals surface area contributed by atoms with Crippen molar-refractivity contribution in [1.29, 1.82) is 0 Å². The predicted octanol–water partition coefficient (Wildman–Crippen LogP) is 5.12. The monoisotopic (exact) mass is 369 g/mol. The Labute approximate surface area is 138 Å². The molecule has 0 aliphatic carbocycles. The number of benzene rings is 2. The van der Waals surface area contributed by atoms with Crippen molar-refractivity contribution in [2.24, 2.45) is 0 Å². The Morgan fingerprint density at radius 3 is 2.52 bits per heavy atom. The molecule has 0 spiro atoms. The van der Waals surface area contributed by atoms with Gasteiger partial charge in [-0.15, -0.1) is 0 Å². The fraction of sp³-hybridized carbons (Fsp3) is 0.250. The van der Waals surface area contributed by atoms with Crippen LogP contribution in [0.25, 0.3) is 0 Å². The van der Waals surface area contributed by atoms with Crippen molar-refractivity contribution in [3.63, 3.8) is 0 Å². The molecule has 0 radical (unpaired) electrons. The standard InChI is InChI=1S/C16H17BrClNO2/c1-3-21-16-11(8-13(18)9-15(16)20-2)10-19-14-6-4-12(17)5-7-14/h4-9,19H,3,10H2,1-2H3. The molecule has 0 heterocycles. The van der Waals surface area contributed by atoms with Gasteiger partial charge in [0.2, 0.25) is 0 Å². The highest BCUT2D eigenvalue weighted by atomic mass is 79.9. The molecule has 0 fully saturated rings. The summed E-state index contributed by atoms with van der Waals surface area (Å²) in [4.78, 5) is 0. The molecule has 2 aromatic rings. The number of methoxy groups -OCH3 is 1. The van der Waals surface area contributed by atoms with Crippen molar-refractivity contribution in [2.75, 3.05) is 19.0 Å². The maximum absolute atomic E-state index is 6.13. The highest BCUT2D eigenvalue weighted by molar-refractivity contribution is 9.10. The molecule has 112 valence electrons. The van der Waals surface area contributed by atoms with E-state index >= 15 is 0 Å². The summed E-state index contributed by atoms with van der Waals surface area (Å²) in [6, 6.07) is 11.6. The van der Waals surface area contributed by atoms with Crippen LogP contribution in [0.3, 0.4) is 0 Å². The highest BCUT2D eigenvalue weighted by Crippen LogP contribution is 2.35. The van der Waals surface area contributed by atoms with Gasteiger partial charge in [-0.05, 0) is 37.3 Å². The van der Waals surface area contributed by atoms with Gasteiger partial charge in [0.05, 0.1) is 13.7 Å². The quantitative estimate of drug-likeness (QED) is 0.765. The lowest BCUT2D eigenvalue weighted by atomic mass is 10.1. The molecule has 0 saturated heterocycles. The van der Waals surface area contributed by atoms with Crippen LogP contribution >= 0.6 is 27.5 Å². The minimum absolute atomic E-state index is 0.573. The van der Waals surface area contributed by atoms with Crippen LogP contribution in [-0.2, 0) is 6.54 Å². The Bertz CT molecular complexity index is 602. The average molecular weight is 371 g/mol. The molecular formula is C16H17BrClNO2. The first-order valence-corrected chi connectivity index (χ1v) is 7.79. The smallest absolute Gasteiger partial charge is 0.166 e. The number of ether oxygens (including phenoxy) is 2. The number of hydrogen-bond acceptors (Lipinski definition) is 3. The van der Waals surface area contributed by atoms with E-state index < -0.39 is 0 Å². The maximum atomic E-state index is 6.13. The van der Waals surface area contributed by atoms with Crippen molar-refractivity contribution in [1.82, 2.24) is 0 Å². The van der Waals surface area contributed by atoms with Crippen molar-refractivity contribution in [3.8, 4) is 11.5 Å². The molecule has 2 aromatic carbocycles. The van der Waals surface area contributed by atoms with Crippen LogP contribution < -0.4 is 14.8 Å². The molecule has 0 aromatic heterocycles. The van der Waals surface area contributed by atoms with Crippen LogP contribution in [0, 0.1) is 0 Å². The second-order valence-corrected chi connectivity index (χ2v) is 5.74. The number of rotatable bonds is 6. The van der Waals surface area contributed by atoms with E-state index in [2.05, 4.69) is 21.2 Å². The zero-order chi connectivity index (χ0) is 15.2. The van der Waals surface area contributed by atoms with Gasteiger partial charge in [-0.2, -0.15) is 0 Å². The van der Waals surface area contributed by atoms with Crippen LogP contribution in [0.4, 0.5) is 5.69 Å². The number of nitrogens with one attached hydrogen (secondary N) is 1. The lowest BCUT2D eigenvalue weighted by molar-refractivity contribution is 0.308. The zero-order valence-electron chi connectivity index (χ0n) is 12.0. The first-order chi connectivity index (χ1) is 10.1. The highest BCUT2D eigenvalue weighted by Gasteiger charge is 2.12. The Morgan fingerprint density at radius 1 is 1.19 bits per heavy atom. The third kappa shape index (κ3) is 4.29. The molecule has 2 rings (SSSR count). The molecule has 0 saturated carbocycles. The number of hydrogen-bond donors (Lipinski definition) is 1. The first kappa shape index (κ1) is 16.0. The summed E-state index contributed by atoms with van der Waals surface area (Å²) < 4.78 is 12.1. The second-order valence-electron chi connectivity index (χ2n) is 4.39. The van der Waals surface area contributed by atoms with Gasteiger partial charge in [-0.1, -0.05) is 27.5 Å². The summed E-state index contributed by atoms with van der Waals surface area (Å²) >= 11 is 9.55. The Balaban J connectivity index is 2.21. The van der Waals surface area contributed by atoms with Crippen LogP contribution in [0.15, 0.2) is 40.9 Å². The summed E-state index contributed by atoms with van der Waals surface area (Å²) in [5.74, 6) is 1.38. The lowest BCUT2D eigenvalue weighted by Gasteiger charge is -2.16. The molecule has 0 unspecified atom stereocenters. The summed E-state index contributed by atoms with van der Waals surface area (Å²) in [7, 11) is 1.61. The first-order valence-electron chi connectivity index (χ1n) is 6.62. The van der Waals surface area contributed by atoms with E-state index in [-0.39, 0.29) is 0 Å². The number of halogens is 2. The van der Waals surface area contributed by atoms with Gasteiger partial charge in [0, 0.05) is 33.4 Å². The van der Waals surface area contributed by atoms with Crippen molar-refractivity contribution in [3.05, 3.63) is 51.5 Å². The summed E-state index contributed by atoms with van der Waals surface area (Å²) in [5.41, 5.74) is 1.99. The minimum atomic E-state index is 0.573.